The SMILES string of the molecule is Cc1csc(S[C@@H](C)C(=O)Nc2ccc(Cl)cc2F)n1. The Morgan fingerprint density at radius 3 is 2.90 bits per heavy atom. The van der Waals surface area contributed by atoms with Gasteiger partial charge in [-0.05, 0) is 32.0 Å². The Bertz CT molecular complexity index is 633. The predicted molar refractivity (Wildman–Crippen MR) is 82.2 cm³/mol. The minimum absolute atomic E-state index is 0.127. The highest BCUT2D eigenvalue weighted by molar-refractivity contribution is 8.02. The topological polar surface area (TPSA) is 42.0 Å². The van der Waals surface area contributed by atoms with Gasteiger partial charge in [0, 0.05) is 16.1 Å². The molecule has 0 radical (unpaired) electrons. The molecule has 1 heterocycles. The molecule has 2 rings (SSSR count). The Balaban J connectivity index is 2.00. The van der Waals surface area contributed by atoms with Gasteiger partial charge in [-0.3, -0.25) is 4.79 Å². The van der Waals surface area contributed by atoms with Crippen LogP contribution in [0.5, 0.6) is 0 Å². The highest BCUT2D eigenvalue weighted by Crippen LogP contribution is 2.27. The zero-order valence-electron chi connectivity index (χ0n) is 10.8. The van der Waals surface area contributed by atoms with Gasteiger partial charge in [0.1, 0.15) is 5.82 Å². The van der Waals surface area contributed by atoms with Crippen LogP contribution in [0.1, 0.15) is 12.6 Å². The molecule has 0 aliphatic heterocycles. The van der Waals surface area contributed by atoms with E-state index in [0.717, 1.165) is 10.0 Å². The number of carbonyl (C=O) groups excluding carboxylic acids is 1. The molecule has 1 N–H and O–H groups in total. The molecule has 7 heteroatoms. The lowest BCUT2D eigenvalue weighted by Crippen LogP contribution is -2.22. The van der Waals surface area contributed by atoms with E-state index < -0.39 is 5.82 Å². The summed E-state index contributed by atoms with van der Waals surface area (Å²) in [5, 5.41) is 4.40. The van der Waals surface area contributed by atoms with Gasteiger partial charge in [-0.1, -0.05) is 23.4 Å². The van der Waals surface area contributed by atoms with Crippen molar-refractivity contribution in [2.45, 2.75) is 23.4 Å². The van der Waals surface area contributed by atoms with Crippen molar-refractivity contribution in [3.05, 3.63) is 40.1 Å². The molecule has 3 nitrogen and oxygen atoms in total. The normalized spacial score (nSPS) is 12.2. The maximum absolute atomic E-state index is 13.6. The van der Waals surface area contributed by atoms with E-state index in [9.17, 15) is 9.18 Å². The van der Waals surface area contributed by atoms with Crippen molar-refractivity contribution in [1.82, 2.24) is 4.98 Å². The van der Waals surface area contributed by atoms with Crippen molar-refractivity contribution in [1.29, 1.82) is 0 Å². The summed E-state index contributed by atoms with van der Waals surface area (Å²) in [6, 6.07) is 4.14. The summed E-state index contributed by atoms with van der Waals surface area (Å²) < 4.78 is 14.4. The van der Waals surface area contributed by atoms with Crippen molar-refractivity contribution in [2.24, 2.45) is 0 Å². The first-order valence-electron chi connectivity index (χ1n) is 5.80. The molecule has 106 valence electrons. The van der Waals surface area contributed by atoms with Gasteiger partial charge in [-0.15, -0.1) is 11.3 Å². The van der Waals surface area contributed by atoms with Crippen LogP contribution in [-0.4, -0.2) is 16.1 Å². The number of halogens is 2. The van der Waals surface area contributed by atoms with Gasteiger partial charge in [0.2, 0.25) is 5.91 Å². The molecule has 1 aromatic heterocycles. The first-order chi connectivity index (χ1) is 9.45. The van der Waals surface area contributed by atoms with Crippen LogP contribution in [0.3, 0.4) is 0 Å². The smallest absolute Gasteiger partial charge is 0.237 e. The van der Waals surface area contributed by atoms with Gasteiger partial charge < -0.3 is 5.32 Å². The lowest BCUT2D eigenvalue weighted by Gasteiger charge is -2.11. The summed E-state index contributed by atoms with van der Waals surface area (Å²) in [6.07, 6.45) is 0. The minimum Gasteiger partial charge on any atom is -0.323 e. The average Bonchev–Trinajstić information content (AvgIpc) is 2.78. The molecule has 0 fully saturated rings. The fraction of sp³-hybridized carbons (Fsp3) is 0.231. The van der Waals surface area contributed by atoms with Crippen LogP contribution in [0, 0.1) is 12.7 Å². The lowest BCUT2D eigenvalue weighted by atomic mass is 10.3. The number of amides is 1. The molecule has 0 spiro atoms. The van der Waals surface area contributed by atoms with Gasteiger partial charge >= 0.3 is 0 Å². The van der Waals surface area contributed by atoms with Crippen LogP contribution in [0.2, 0.25) is 5.02 Å². The summed E-state index contributed by atoms with van der Waals surface area (Å²) in [6.45, 7) is 3.65. The summed E-state index contributed by atoms with van der Waals surface area (Å²) in [7, 11) is 0. The molecule has 0 unspecified atom stereocenters. The maximum Gasteiger partial charge on any atom is 0.237 e. The molecule has 1 atom stereocenters. The first-order valence-corrected chi connectivity index (χ1v) is 7.94. The van der Waals surface area contributed by atoms with Gasteiger partial charge in [0.15, 0.2) is 4.34 Å². The number of aryl methyl sites for hydroxylation is 1. The van der Waals surface area contributed by atoms with Crippen LogP contribution in [0.4, 0.5) is 10.1 Å². The number of rotatable bonds is 4. The fourth-order valence-electron chi connectivity index (χ4n) is 1.42. The number of aromatic nitrogens is 1. The molecule has 1 amide bonds. The van der Waals surface area contributed by atoms with Crippen molar-refractivity contribution in [3.63, 3.8) is 0 Å². The van der Waals surface area contributed by atoms with E-state index in [1.165, 1.54) is 41.3 Å². The van der Waals surface area contributed by atoms with Crippen molar-refractivity contribution < 1.29 is 9.18 Å². The second-order valence-corrected chi connectivity index (χ2v) is 7.01. The molecule has 0 aliphatic rings. The van der Waals surface area contributed by atoms with Crippen molar-refractivity contribution >= 4 is 46.3 Å². The van der Waals surface area contributed by atoms with Crippen LogP contribution in [0.15, 0.2) is 27.9 Å². The van der Waals surface area contributed by atoms with Gasteiger partial charge in [0.05, 0.1) is 10.9 Å². The molecular formula is C13H12ClFN2OS2. The molecule has 2 aromatic rings. The Labute approximate surface area is 129 Å². The third-order valence-corrected chi connectivity index (χ3v) is 4.86. The van der Waals surface area contributed by atoms with E-state index in [0.29, 0.717) is 5.02 Å². The van der Waals surface area contributed by atoms with Crippen molar-refractivity contribution in [2.75, 3.05) is 5.32 Å². The molecule has 0 bridgehead atoms. The Morgan fingerprint density at radius 2 is 2.30 bits per heavy atom. The number of hydrogen-bond donors (Lipinski definition) is 1. The second kappa shape index (κ2) is 6.56. The number of anilines is 1. The maximum atomic E-state index is 13.6. The lowest BCUT2D eigenvalue weighted by molar-refractivity contribution is -0.115. The molecule has 20 heavy (non-hydrogen) atoms. The first kappa shape index (κ1) is 15.3. The van der Waals surface area contributed by atoms with Crippen LogP contribution < -0.4 is 5.32 Å². The second-order valence-electron chi connectivity index (χ2n) is 4.13. The van der Waals surface area contributed by atoms with Gasteiger partial charge in [0.25, 0.3) is 0 Å². The fourth-order valence-corrected chi connectivity index (χ4v) is 3.56. The summed E-state index contributed by atoms with van der Waals surface area (Å²) >= 11 is 8.50. The van der Waals surface area contributed by atoms with E-state index in [2.05, 4.69) is 10.3 Å². The third-order valence-electron chi connectivity index (χ3n) is 2.43. The molecular weight excluding hydrogens is 319 g/mol. The van der Waals surface area contributed by atoms with E-state index in [4.69, 9.17) is 11.6 Å². The monoisotopic (exact) mass is 330 g/mol. The molecule has 1 aromatic carbocycles. The number of thiazole rings is 1. The highest BCUT2D eigenvalue weighted by Gasteiger charge is 2.17. The predicted octanol–water partition coefficient (Wildman–Crippen LogP) is 4.36. The highest BCUT2D eigenvalue weighted by atomic mass is 35.5. The van der Waals surface area contributed by atoms with Crippen molar-refractivity contribution in [3.8, 4) is 0 Å². The molecule has 0 saturated heterocycles. The van der Waals surface area contributed by atoms with Crippen LogP contribution >= 0.6 is 34.7 Å². The van der Waals surface area contributed by atoms with E-state index in [1.807, 2.05) is 12.3 Å². The quantitative estimate of drug-likeness (QED) is 0.847. The Morgan fingerprint density at radius 1 is 1.55 bits per heavy atom. The number of benzene rings is 1. The number of nitrogens with zero attached hydrogens (tertiary/aromatic N) is 1. The zero-order chi connectivity index (χ0) is 14.7. The summed E-state index contributed by atoms with van der Waals surface area (Å²) in [5.74, 6) is -0.822. The number of thioether (sulfide) groups is 1. The standard InChI is InChI=1S/C13H12ClFN2OS2/c1-7-6-19-13(16-7)20-8(2)12(18)17-11-4-3-9(14)5-10(11)15/h3-6,8H,1-2H3,(H,17,18)/t8-/m0/s1. The largest absolute Gasteiger partial charge is 0.323 e. The summed E-state index contributed by atoms with van der Waals surface area (Å²) in [5.41, 5.74) is 1.05. The third kappa shape index (κ3) is 3.94. The number of nitrogens with one attached hydrogen (secondary N) is 1. The van der Waals surface area contributed by atoms with E-state index in [-0.39, 0.29) is 16.8 Å². The van der Waals surface area contributed by atoms with Gasteiger partial charge in [-0.25, -0.2) is 9.37 Å². The number of hydrogen-bond acceptors (Lipinski definition) is 4. The Hall–Kier alpha value is -1.11. The van der Waals surface area contributed by atoms with E-state index >= 15 is 0 Å². The van der Waals surface area contributed by atoms with Gasteiger partial charge in [-0.2, -0.15) is 0 Å². The van der Waals surface area contributed by atoms with E-state index in [1.54, 1.807) is 6.92 Å². The molecule has 0 aliphatic carbocycles. The Kier molecular flexibility index (Phi) is 5.01. The minimum atomic E-state index is -0.548. The zero-order valence-corrected chi connectivity index (χ0v) is 13.2. The van der Waals surface area contributed by atoms with Crippen LogP contribution in [-0.2, 0) is 4.79 Å². The average molecular weight is 331 g/mol. The number of carbonyl (C=O) groups is 1. The molecule has 0 saturated carbocycles. The van der Waals surface area contributed by atoms with Crippen LogP contribution in [0.25, 0.3) is 0 Å². The summed E-state index contributed by atoms with van der Waals surface area (Å²) in [4.78, 5) is 16.3.